The monoisotopic (exact) mass is 369 g/mol. The molecule has 1 aromatic rings. The van der Waals surface area contributed by atoms with E-state index in [-0.39, 0.29) is 10.9 Å². The largest absolute Gasteiger partial charge is 0.240 e. The summed E-state index contributed by atoms with van der Waals surface area (Å²) in [4.78, 5) is 0.247. The van der Waals surface area contributed by atoms with Crippen molar-refractivity contribution in [1.82, 2.24) is 4.72 Å². The van der Waals surface area contributed by atoms with Crippen molar-refractivity contribution in [3.63, 3.8) is 0 Å². The van der Waals surface area contributed by atoms with E-state index in [9.17, 15) is 8.42 Å². The fraction of sp³-hybridized carbons (Fsp3) is 0.455. The molecule has 0 saturated carbocycles. The average molecular weight is 371 g/mol. The number of nitrogens with one attached hydrogen (secondary N) is 1. The molecule has 0 radical (unpaired) electrons. The predicted octanol–water partition coefficient (Wildman–Crippen LogP) is 3.28. The number of hydrogen-bond donors (Lipinski definition) is 1. The van der Waals surface area contributed by atoms with Crippen LogP contribution in [0.15, 0.2) is 27.6 Å². The molecule has 1 N–H and O–H groups in total. The topological polar surface area (TPSA) is 46.2 Å². The normalized spacial score (nSPS) is 17.9. The van der Waals surface area contributed by atoms with E-state index in [1.807, 2.05) is 11.8 Å². The minimum Gasteiger partial charge on any atom is -0.208 e. The molecule has 1 fully saturated rings. The highest BCUT2D eigenvalue weighted by Gasteiger charge is 2.22. The molecule has 0 aromatic heterocycles. The van der Waals surface area contributed by atoms with Gasteiger partial charge in [0.15, 0.2) is 0 Å². The van der Waals surface area contributed by atoms with Gasteiger partial charge in [-0.1, -0.05) is 11.6 Å². The summed E-state index contributed by atoms with van der Waals surface area (Å²) < 4.78 is 27.7. The van der Waals surface area contributed by atoms with Crippen molar-refractivity contribution in [2.75, 3.05) is 11.5 Å². The molecule has 2 rings (SSSR count). The van der Waals surface area contributed by atoms with Gasteiger partial charge in [-0.3, -0.25) is 0 Å². The Morgan fingerprint density at radius 2 is 2.00 bits per heavy atom. The molecule has 0 aliphatic carbocycles. The number of rotatable bonds is 3. The van der Waals surface area contributed by atoms with Gasteiger partial charge in [0.25, 0.3) is 0 Å². The number of benzene rings is 1. The van der Waals surface area contributed by atoms with Crippen LogP contribution >= 0.6 is 39.3 Å². The smallest absolute Gasteiger partial charge is 0.208 e. The summed E-state index contributed by atoms with van der Waals surface area (Å²) in [5.74, 6) is 2.02. The summed E-state index contributed by atoms with van der Waals surface area (Å²) in [7, 11) is -3.45. The Balaban J connectivity index is 2.16. The van der Waals surface area contributed by atoms with E-state index < -0.39 is 10.0 Å². The molecular weight excluding hydrogens is 358 g/mol. The Morgan fingerprint density at radius 3 is 2.61 bits per heavy atom. The molecule has 0 amide bonds. The predicted molar refractivity (Wildman–Crippen MR) is 79.8 cm³/mol. The highest BCUT2D eigenvalue weighted by molar-refractivity contribution is 9.10. The van der Waals surface area contributed by atoms with E-state index >= 15 is 0 Å². The Hall–Kier alpha value is 0.250. The molecule has 0 unspecified atom stereocenters. The van der Waals surface area contributed by atoms with E-state index in [0.29, 0.717) is 9.50 Å². The Morgan fingerprint density at radius 1 is 1.33 bits per heavy atom. The Kier molecular flexibility index (Phi) is 4.99. The molecule has 3 nitrogen and oxygen atoms in total. The standard InChI is InChI=1S/C11H13BrClNO2S2/c12-10-7-9(1-2-11(10)13)18(15,16)14-8-3-5-17-6-4-8/h1-2,7-8,14H,3-6H2. The second-order valence-corrected chi connectivity index (χ2v) is 8.28. The Bertz CT molecular complexity index is 530. The first-order valence-electron chi connectivity index (χ1n) is 5.54. The maximum absolute atomic E-state index is 12.2. The molecule has 0 spiro atoms. The van der Waals surface area contributed by atoms with Crippen molar-refractivity contribution in [2.24, 2.45) is 0 Å². The average Bonchev–Trinajstić information content (AvgIpc) is 2.33. The summed E-state index contributed by atoms with van der Waals surface area (Å²) >= 11 is 11.0. The zero-order chi connectivity index (χ0) is 13.2. The lowest BCUT2D eigenvalue weighted by Crippen LogP contribution is -2.37. The number of hydrogen-bond acceptors (Lipinski definition) is 3. The van der Waals surface area contributed by atoms with Crippen LogP contribution in [-0.4, -0.2) is 26.0 Å². The molecule has 1 aromatic carbocycles. The van der Waals surface area contributed by atoms with Crippen LogP contribution in [0.1, 0.15) is 12.8 Å². The van der Waals surface area contributed by atoms with Crippen molar-refractivity contribution in [3.05, 3.63) is 27.7 Å². The Labute approximate surface area is 125 Å². The quantitative estimate of drug-likeness (QED) is 0.888. The molecule has 0 atom stereocenters. The summed E-state index contributed by atoms with van der Waals surface area (Å²) in [5, 5.41) is 0.503. The molecular formula is C11H13BrClNO2S2. The molecule has 7 heteroatoms. The van der Waals surface area contributed by atoms with E-state index in [2.05, 4.69) is 20.7 Å². The maximum atomic E-state index is 12.2. The van der Waals surface area contributed by atoms with Crippen LogP contribution in [0, 0.1) is 0 Å². The van der Waals surface area contributed by atoms with Gasteiger partial charge in [-0.15, -0.1) is 0 Å². The molecule has 1 saturated heterocycles. The second-order valence-electron chi connectivity index (χ2n) is 4.08. The van der Waals surface area contributed by atoms with Crippen LogP contribution in [0.4, 0.5) is 0 Å². The minimum atomic E-state index is -3.45. The SMILES string of the molecule is O=S(=O)(NC1CCSCC1)c1ccc(Cl)c(Br)c1. The fourth-order valence-electron chi connectivity index (χ4n) is 1.75. The van der Waals surface area contributed by atoms with Crippen LogP contribution in [-0.2, 0) is 10.0 Å². The van der Waals surface area contributed by atoms with Crippen LogP contribution < -0.4 is 4.72 Å². The third kappa shape index (κ3) is 3.63. The van der Waals surface area contributed by atoms with E-state index in [4.69, 9.17) is 11.6 Å². The molecule has 1 aliphatic rings. The zero-order valence-electron chi connectivity index (χ0n) is 9.53. The van der Waals surface area contributed by atoms with Gasteiger partial charge in [-0.2, -0.15) is 11.8 Å². The van der Waals surface area contributed by atoms with Gasteiger partial charge < -0.3 is 0 Å². The molecule has 0 bridgehead atoms. The van der Waals surface area contributed by atoms with Crippen molar-refractivity contribution in [1.29, 1.82) is 0 Å². The van der Waals surface area contributed by atoms with Crippen molar-refractivity contribution in [2.45, 2.75) is 23.8 Å². The summed E-state index contributed by atoms with van der Waals surface area (Å²) in [6, 6.07) is 4.68. The minimum absolute atomic E-state index is 0.0469. The molecule has 18 heavy (non-hydrogen) atoms. The van der Waals surface area contributed by atoms with Gasteiger partial charge in [0.2, 0.25) is 10.0 Å². The second kappa shape index (κ2) is 6.13. The lowest BCUT2D eigenvalue weighted by molar-refractivity contribution is 0.529. The highest BCUT2D eigenvalue weighted by Crippen LogP contribution is 2.26. The van der Waals surface area contributed by atoms with Gasteiger partial charge in [-0.05, 0) is 58.5 Å². The van der Waals surface area contributed by atoms with Gasteiger partial charge in [-0.25, -0.2) is 13.1 Å². The lowest BCUT2D eigenvalue weighted by Gasteiger charge is -2.22. The third-order valence-corrected chi connectivity index (χ3v) is 6.53. The van der Waals surface area contributed by atoms with Gasteiger partial charge in [0, 0.05) is 10.5 Å². The van der Waals surface area contributed by atoms with Gasteiger partial charge >= 0.3 is 0 Å². The zero-order valence-corrected chi connectivity index (χ0v) is 13.5. The van der Waals surface area contributed by atoms with Crippen molar-refractivity contribution < 1.29 is 8.42 Å². The summed E-state index contributed by atoms with van der Waals surface area (Å²) in [6.07, 6.45) is 1.78. The first-order chi connectivity index (χ1) is 8.49. The number of sulfonamides is 1. The van der Waals surface area contributed by atoms with Crippen LogP contribution in [0.3, 0.4) is 0 Å². The number of thioether (sulfide) groups is 1. The van der Waals surface area contributed by atoms with E-state index in [1.54, 1.807) is 6.07 Å². The van der Waals surface area contributed by atoms with Crippen molar-refractivity contribution >= 4 is 49.3 Å². The lowest BCUT2D eigenvalue weighted by atomic mass is 10.2. The summed E-state index contributed by atoms with van der Waals surface area (Å²) in [6.45, 7) is 0. The summed E-state index contributed by atoms with van der Waals surface area (Å²) in [5.41, 5.74) is 0. The van der Waals surface area contributed by atoms with Crippen LogP contribution in [0.5, 0.6) is 0 Å². The van der Waals surface area contributed by atoms with Crippen LogP contribution in [0.25, 0.3) is 0 Å². The third-order valence-electron chi connectivity index (χ3n) is 2.74. The maximum Gasteiger partial charge on any atom is 0.240 e. The fourth-order valence-corrected chi connectivity index (χ4v) is 4.83. The van der Waals surface area contributed by atoms with E-state index in [1.165, 1.54) is 12.1 Å². The molecule has 1 aliphatic heterocycles. The van der Waals surface area contributed by atoms with Crippen molar-refractivity contribution in [3.8, 4) is 0 Å². The van der Waals surface area contributed by atoms with Gasteiger partial charge in [0.05, 0.1) is 9.92 Å². The molecule has 100 valence electrons. The van der Waals surface area contributed by atoms with E-state index in [0.717, 1.165) is 24.3 Å². The first kappa shape index (κ1) is 14.7. The molecule has 1 heterocycles. The van der Waals surface area contributed by atoms with Gasteiger partial charge in [0.1, 0.15) is 0 Å². The highest BCUT2D eigenvalue weighted by atomic mass is 79.9. The number of halogens is 2. The van der Waals surface area contributed by atoms with Crippen LogP contribution in [0.2, 0.25) is 5.02 Å². The first-order valence-corrected chi connectivity index (χ1v) is 9.35.